The van der Waals surface area contributed by atoms with Crippen molar-refractivity contribution in [3.05, 3.63) is 69.7 Å². The minimum Gasteiger partial charge on any atom is -0.294 e. The van der Waals surface area contributed by atoms with E-state index in [2.05, 4.69) is 0 Å². The standard InChI is InChI=1S/C15H11ClF2O/c1-9-4-11(16)2-3-14(9)15(19)7-10-5-12(17)8-13(18)6-10/h2-6,8H,7H2,1H3. The van der Waals surface area contributed by atoms with E-state index in [9.17, 15) is 13.6 Å². The average molecular weight is 281 g/mol. The van der Waals surface area contributed by atoms with E-state index in [4.69, 9.17) is 11.6 Å². The summed E-state index contributed by atoms with van der Waals surface area (Å²) in [6.07, 6.45) is -0.0445. The van der Waals surface area contributed by atoms with Gasteiger partial charge in [0.2, 0.25) is 0 Å². The second-order valence-electron chi connectivity index (χ2n) is 4.34. The van der Waals surface area contributed by atoms with E-state index in [1.165, 1.54) is 0 Å². The van der Waals surface area contributed by atoms with Gasteiger partial charge >= 0.3 is 0 Å². The molecule has 0 aliphatic heterocycles. The van der Waals surface area contributed by atoms with Crippen molar-refractivity contribution >= 4 is 17.4 Å². The van der Waals surface area contributed by atoms with Gasteiger partial charge in [-0.05, 0) is 48.4 Å². The molecule has 0 saturated heterocycles. The Morgan fingerprint density at radius 2 is 1.74 bits per heavy atom. The van der Waals surface area contributed by atoms with Crippen molar-refractivity contribution in [2.75, 3.05) is 0 Å². The predicted octanol–water partition coefficient (Wildman–Crippen LogP) is 4.35. The predicted molar refractivity (Wildman–Crippen MR) is 70.6 cm³/mol. The van der Waals surface area contributed by atoms with Crippen LogP contribution < -0.4 is 0 Å². The molecule has 1 nitrogen and oxygen atoms in total. The maximum atomic E-state index is 13.0. The summed E-state index contributed by atoms with van der Waals surface area (Å²) >= 11 is 5.81. The van der Waals surface area contributed by atoms with Crippen LogP contribution in [-0.4, -0.2) is 5.78 Å². The topological polar surface area (TPSA) is 17.1 Å². The fourth-order valence-corrected chi connectivity index (χ4v) is 2.16. The molecule has 2 aromatic rings. The van der Waals surface area contributed by atoms with Gasteiger partial charge in [-0.15, -0.1) is 0 Å². The fraction of sp³-hybridized carbons (Fsp3) is 0.133. The number of carbonyl (C=O) groups excluding carboxylic acids is 1. The van der Waals surface area contributed by atoms with Gasteiger partial charge in [-0.2, -0.15) is 0 Å². The lowest BCUT2D eigenvalue weighted by Crippen LogP contribution is -2.06. The highest BCUT2D eigenvalue weighted by atomic mass is 35.5. The number of benzene rings is 2. The number of ketones is 1. The smallest absolute Gasteiger partial charge is 0.167 e. The van der Waals surface area contributed by atoms with E-state index in [1.54, 1.807) is 25.1 Å². The Kier molecular flexibility index (Phi) is 3.96. The van der Waals surface area contributed by atoms with Gasteiger partial charge in [-0.25, -0.2) is 8.78 Å². The third kappa shape index (κ3) is 3.38. The Bertz CT molecular complexity index is 618. The van der Waals surface area contributed by atoms with Crippen LogP contribution in [0.1, 0.15) is 21.5 Å². The summed E-state index contributed by atoms with van der Waals surface area (Å²) < 4.78 is 26.1. The summed E-state index contributed by atoms with van der Waals surface area (Å²) in [5, 5.41) is 0.547. The molecule has 2 aromatic carbocycles. The molecule has 98 valence electrons. The van der Waals surface area contributed by atoms with Crippen molar-refractivity contribution in [1.82, 2.24) is 0 Å². The number of rotatable bonds is 3. The van der Waals surface area contributed by atoms with Crippen LogP contribution in [0.15, 0.2) is 36.4 Å². The van der Waals surface area contributed by atoms with Crippen LogP contribution in [-0.2, 0) is 6.42 Å². The van der Waals surface area contributed by atoms with Crippen LogP contribution in [0.25, 0.3) is 0 Å². The first-order valence-electron chi connectivity index (χ1n) is 5.70. The quantitative estimate of drug-likeness (QED) is 0.764. The molecule has 0 bridgehead atoms. The molecule has 0 aromatic heterocycles. The van der Waals surface area contributed by atoms with Crippen LogP contribution in [0.2, 0.25) is 5.02 Å². The van der Waals surface area contributed by atoms with Crippen molar-refractivity contribution < 1.29 is 13.6 Å². The van der Waals surface area contributed by atoms with Crippen molar-refractivity contribution in [2.24, 2.45) is 0 Å². The molecular weight excluding hydrogens is 270 g/mol. The Balaban J connectivity index is 2.25. The maximum absolute atomic E-state index is 13.0. The normalized spacial score (nSPS) is 10.5. The van der Waals surface area contributed by atoms with Gasteiger partial charge in [-0.1, -0.05) is 11.6 Å². The van der Waals surface area contributed by atoms with Crippen LogP contribution in [0.5, 0.6) is 0 Å². The third-order valence-corrected chi connectivity index (χ3v) is 3.01. The molecular formula is C15H11ClF2O. The highest BCUT2D eigenvalue weighted by Crippen LogP contribution is 2.18. The molecule has 0 aliphatic rings. The first kappa shape index (κ1) is 13.7. The lowest BCUT2D eigenvalue weighted by Gasteiger charge is -2.06. The summed E-state index contributed by atoms with van der Waals surface area (Å²) in [7, 11) is 0. The third-order valence-electron chi connectivity index (χ3n) is 2.78. The molecule has 0 heterocycles. The SMILES string of the molecule is Cc1cc(Cl)ccc1C(=O)Cc1cc(F)cc(F)c1. The van der Waals surface area contributed by atoms with E-state index < -0.39 is 11.6 Å². The monoisotopic (exact) mass is 280 g/mol. The molecule has 0 atom stereocenters. The minimum absolute atomic E-state index is 0.0445. The zero-order valence-electron chi connectivity index (χ0n) is 10.2. The summed E-state index contributed by atoms with van der Waals surface area (Å²) in [4.78, 5) is 12.1. The molecule has 0 saturated carbocycles. The zero-order chi connectivity index (χ0) is 14.0. The van der Waals surface area contributed by atoms with Gasteiger partial charge in [0.1, 0.15) is 11.6 Å². The van der Waals surface area contributed by atoms with Gasteiger partial charge in [-0.3, -0.25) is 4.79 Å². The summed E-state index contributed by atoms with van der Waals surface area (Å²) in [6.45, 7) is 1.77. The van der Waals surface area contributed by atoms with Crippen molar-refractivity contribution in [1.29, 1.82) is 0 Å². The molecule has 0 amide bonds. The first-order valence-corrected chi connectivity index (χ1v) is 6.08. The van der Waals surface area contributed by atoms with Crippen molar-refractivity contribution in [3.8, 4) is 0 Å². The van der Waals surface area contributed by atoms with Crippen molar-refractivity contribution in [3.63, 3.8) is 0 Å². The fourth-order valence-electron chi connectivity index (χ4n) is 1.93. The van der Waals surface area contributed by atoms with Crippen LogP contribution in [0.4, 0.5) is 8.78 Å². The molecule has 0 fully saturated rings. The maximum Gasteiger partial charge on any atom is 0.167 e. The Morgan fingerprint density at radius 3 is 2.32 bits per heavy atom. The number of hydrogen-bond acceptors (Lipinski definition) is 1. The first-order chi connectivity index (χ1) is 8.95. The number of Topliss-reactive ketones (excluding diaryl/α,β-unsaturated/α-hetero) is 1. The van der Waals surface area contributed by atoms with Gasteiger partial charge in [0.25, 0.3) is 0 Å². The molecule has 0 N–H and O–H groups in total. The number of carbonyl (C=O) groups is 1. The van der Waals surface area contributed by atoms with E-state index >= 15 is 0 Å². The average Bonchev–Trinajstić information content (AvgIpc) is 2.26. The largest absolute Gasteiger partial charge is 0.294 e. The highest BCUT2D eigenvalue weighted by Gasteiger charge is 2.11. The molecule has 0 unspecified atom stereocenters. The molecule has 0 aliphatic carbocycles. The number of halogens is 3. The lowest BCUT2D eigenvalue weighted by atomic mass is 9.99. The van der Waals surface area contributed by atoms with E-state index in [1.807, 2.05) is 0 Å². The lowest BCUT2D eigenvalue weighted by molar-refractivity contribution is 0.0992. The second-order valence-corrected chi connectivity index (χ2v) is 4.77. The Hall–Kier alpha value is -1.74. The zero-order valence-corrected chi connectivity index (χ0v) is 11.0. The molecule has 19 heavy (non-hydrogen) atoms. The Labute approximate surface area is 114 Å². The minimum atomic E-state index is -0.685. The van der Waals surface area contributed by atoms with Gasteiger partial charge in [0.05, 0.1) is 0 Å². The summed E-state index contributed by atoms with van der Waals surface area (Å²) in [5.74, 6) is -1.56. The molecule has 2 rings (SSSR count). The van der Waals surface area contributed by atoms with Gasteiger partial charge < -0.3 is 0 Å². The summed E-state index contributed by atoms with van der Waals surface area (Å²) in [6, 6.07) is 8.02. The number of hydrogen-bond donors (Lipinski definition) is 0. The van der Waals surface area contributed by atoms with E-state index in [-0.39, 0.29) is 12.2 Å². The van der Waals surface area contributed by atoms with Gasteiger partial charge in [0.15, 0.2) is 5.78 Å². The van der Waals surface area contributed by atoms with Crippen LogP contribution in [0, 0.1) is 18.6 Å². The Morgan fingerprint density at radius 1 is 1.11 bits per heavy atom. The summed E-state index contributed by atoms with van der Waals surface area (Å²) in [5.41, 5.74) is 1.57. The number of aryl methyl sites for hydroxylation is 1. The van der Waals surface area contributed by atoms with Crippen LogP contribution >= 0.6 is 11.6 Å². The van der Waals surface area contributed by atoms with Crippen molar-refractivity contribution in [2.45, 2.75) is 13.3 Å². The molecule has 0 spiro atoms. The van der Waals surface area contributed by atoms with E-state index in [0.717, 1.165) is 23.8 Å². The van der Waals surface area contributed by atoms with Crippen LogP contribution in [0.3, 0.4) is 0 Å². The highest BCUT2D eigenvalue weighted by molar-refractivity contribution is 6.30. The van der Waals surface area contributed by atoms with Gasteiger partial charge in [0, 0.05) is 23.1 Å². The van der Waals surface area contributed by atoms with E-state index in [0.29, 0.717) is 16.1 Å². The molecule has 4 heteroatoms. The second kappa shape index (κ2) is 5.49. The molecule has 0 radical (unpaired) electrons.